The van der Waals surface area contributed by atoms with E-state index in [0.29, 0.717) is 44.4 Å². The van der Waals surface area contributed by atoms with Crippen molar-refractivity contribution in [2.45, 2.75) is 32.4 Å². The molecule has 1 aromatic heterocycles. The molecule has 1 fully saturated rings. The Balaban J connectivity index is 1.60. The summed E-state index contributed by atoms with van der Waals surface area (Å²) in [6.45, 7) is 3.49. The Morgan fingerprint density at radius 2 is 1.86 bits per heavy atom. The topological polar surface area (TPSA) is 67.7 Å². The van der Waals surface area contributed by atoms with E-state index >= 15 is 0 Å². The van der Waals surface area contributed by atoms with E-state index in [1.807, 2.05) is 34.9 Å². The minimum Gasteiger partial charge on any atom is -0.378 e. The standard InChI is InChI=1S/C21H26N4O3/c1-23(15-16-7-3-2-4-8-16)21(27)19-22-18(17-9-5-6-10-25(17)19)20(26)24-11-13-28-14-12-24/h2-4,7-8H,5-6,9-15H2,1H3. The molecule has 4 rings (SSSR count). The Hall–Kier alpha value is -2.67. The highest BCUT2D eigenvalue weighted by molar-refractivity contribution is 5.97. The van der Waals surface area contributed by atoms with E-state index in [4.69, 9.17) is 4.74 Å². The van der Waals surface area contributed by atoms with Gasteiger partial charge in [0.05, 0.1) is 18.9 Å². The van der Waals surface area contributed by atoms with Gasteiger partial charge in [0.25, 0.3) is 11.8 Å². The van der Waals surface area contributed by atoms with Crippen molar-refractivity contribution in [3.8, 4) is 0 Å². The first-order valence-corrected chi connectivity index (χ1v) is 9.91. The van der Waals surface area contributed by atoms with Crippen LogP contribution in [0.5, 0.6) is 0 Å². The lowest BCUT2D eigenvalue weighted by atomic mass is 10.1. The number of imidazole rings is 1. The number of hydrogen-bond acceptors (Lipinski definition) is 4. The fourth-order valence-corrected chi connectivity index (χ4v) is 3.89. The summed E-state index contributed by atoms with van der Waals surface area (Å²) in [5.74, 6) is 0.150. The molecule has 2 aromatic rings. The van der Waals surface area contributed by atoms with Gasteiger partial charge in [0, 0.05) is 33.2 Å². The maximum absolute atomic E-state index is 13.1. The number of aromatic nitrogens is 2. The summed E-state index contributed by atoms with van der Waals surface area (Å²) >= 11 is 0. The lowest BCUT2D eigenvalue weighted by molar-refractivity contribution is 0.0298. The third-order valence-corrected chi connectivity index (χ3v) is 5.42. The highest BCUT2D eigenvalue weighted by Crippen LogP contribution is 2.23. The Bertz CT molecular complexity index is 856. The number of amides is 2. The summed E-state index contributed by atoms with van der Waals surface area (Å²) in [5, 5.41) is 0. The van der Waals surface area contributed by atoms with Gasteiger partial charge in [-0.25, -0.2) is 4.98 Å². The van der Waals surface area contributed by atoms with Crippen molar-refractivity contribution in [3.63, 3.8) is 0 Å². The Morgan fingerprint density at radius 1 is 1.11 bits per heavy atom. The summed E-state index contributed by atoms with van der Waals surface area (Å²) in [7, 11) is 1.78. The number of ether oxygens (including phenoxy) is 1. The van der Waals surface area contributed by atoms with E-state index < -0.39 is 0 Å². The van der Waals surface area contributed by atoms with Gasteiger partial charge in [0.2, 0.25) is 0 Å². The molecule has 0 saturated carbocycles. The Kier molecular flexibility index (Phi) is 5.43. The number of carbonyl (C=O) groups is 2. The molecule has 2 aliphatic heterocycles. The molecule has 0 aliphatic carbocycles. The zero-order valence-corrected chi connectivity index (χ0v) is 16.3. The van der Waals surface area contributed by atoms with Crippen molar-refractivity contribution in [1.29, 1.82) is 0 Å². The van der Waals surface area contributed by atoms with Crippen LogP contribution < -0.4 is 0 Å². The van der Waals surface area contributed by atoms with Crippen LogP contribution in [0, 0.1) is 0 Å². The summed E-state index contributed by atoms with van der Waals surface area (Å²) in [5.41, 5.74) is 2.41. The highest BCUT2D eigenvalue weighted by Gasteiger charge is 2.31. The van der Waals surface area contributed by atoms with Gasteiger partial charge >= 0.3 is 0 Å². The normalized spacial score (nSPS) is 16.5. The lowest BCUT2D eigenvalue weighted by Gasteiger charge is -2.26. The SMILES string of the molecule is CN(Cc1ccccc1)C(=O)c1nc(C(=O)N2CCOCC2)c2n1CCCC2. The van der Waals surface area contributed by atoms with Crippen LogP contribution in [0.2, 0.25) is 0 Å². The molecule has 0 atom stereocenters. The second-order valence-corrected chi connectivity index (χ2v) is 7.39. The molecule has 0 unspecified atom stereocenters. The summed E-state index contributed by atoms with van der Waals surface area (Å²) in [6, 6.07) is 9.88. The first-order chi connectivity index (χ1) is 13.6. The van der Waals surface area contributed by atoms with Crippen molar-refractivity contribution >= 4 is 11.8 Å². The van der Waals surface area contributed by atoms with E-state index in [9.17, 15) is 9.59 Å². The van der Waals surface area contributed by atoms with Gasteiger partial charge in [-0.2, -0.15) is 0 Å². The van der Waals surface area contributed by atoms with E-state index in [1.54, 1.807) is 16.8 Å². The van der Waals surface area contributed by atoms with Crippen LogP contribution in [0.4, 0.5) is 0 Å². The second-order valence-electron chi connectivity index (χ2n) is 7.39. The van der Waals surface area contributed by atoms with E-state index in [-0.39, 0.29) is 11.8 Å². The van der Waals surface area contributed by atoms with Crippen LogP contribution in [0.3, 0.4) is 0 Å². The zero-order chi connectivity index (χ0) is 19.5. The Morgan fingerprint density at radius 3 is 2.61 bits per heavy atom. The maximum atomic E-state index is 13.1. The Labute approximate surface area is 164 Å². The maximum Gasteiger partial charge on any atom is 0.289 e. The fraction of sp³-hybridized carbons (Fsp3) is 0.476. The monoisotopic (exact) mass is 382 g/mol. The van der Waals surface area contributed by atoms with E-state index in [1.165, 1.54) is 0 Å². The summed E-state index contributed by atoms with van der Waals surface area (Å²) in [6.07, 6.45) is 2.80. The van der Waals surface area contributed by atoms with Gasteiger partial charge in [-0.15, -0.1) is 0 Å². The van der Waals surface area contributed by atoms with Crippen molar-refractivity contribution in [3.05, 3.63) is 53.1 Å². The zero-order valence-electron chi connectivity index (χ0n) is 16.3. The van der Waals surface area contributed by atoms with Crippen molar-refractivity contribution in [2.24, 2.45) is 0 Å². The molecule has 2 aliphatic rings. The number of carbonyl (C=O) groups excluding carboxylic acids is 2. The van der Waals surface area contributed by atoms with Crippen LogP contribution in [-0.4, -0.2) is 64.5 Å². The quantitative estimate of drug-likeness (QED) is 0.811. The van der Waals surface area contributed by atoms with Gasteiger partial charge in [-0.3, -0.25) is 9.59 Å². The van der Waals surface area contributed by atoms with Crippen molar-refractivity contribution < 1.29 is 14.3 Å². The first-order valence-electron chi connectivity index (χ1n) is 9.91. The summed E-state index contributed by atoms with van der Waals surface area (Å²) < 4.78 is 7.31. The largest absolute Gasteiger partial charge is 0.378 e. The smallest absolute Gasteiger partial charge is 0.289 e. The number of nitrogens with zero attached hydrogens (tertiary/aromatic N) is 4. The van der Waals surface area contributed by atoms with Gasteiger partial charge < -0.3 is 19.1 Å². The van der Waals surface area contributed by atoms with Gasteiger partial charge in [-0.1, -0.05) is 30.3 Å². The predicted molar refractivity (Wildman–Crippen MR) is 104 cm³/mol. The average Bonchev–Trinajstić information content (AvgIpc) is 3.13. The molecule has 148 valence electrons. The molecule has 1 saturated heterocycles. The van der Waals surface area contributed by atoms with Crippen LogP contribution in [-0.2, 0) is 24.2 Å². The molecular weight excluding hydrogens is 356 g/mol. The first kappa shape index (κ1) is 18.7. The fourth-order valence-electron chi connectivity index (χ4n) is 3.89. The van der Waals surface area contributed by atoms with Crippen LogP contribution in [0.15, 0.2) is 30.3 Å². The molecule has 0 N–H and O–H groups in total. The van der Waals surface area contributed by atoms with Crippen LogP contribution >= 0.6 is 0 Å². The molecule has 7 nitrogen and oxygen atoms in total. The van der Waals surface area contributed by atoms with Gasteiger partial charge in [0.1, 0.15) is 5.69 Å². The molecule has 0 bridgehead atoms. The van der Waals surface area contributed by atoms with Crippen LogP contribution in [0.25, 0.3) is 0 Å². The molecule has 7 heteroatoms. The summed E-state index contributed by atoms with van der Waals surface area (Å²) in [4.78, 5) is 34.2. The van der Waals surface area contributed by atoms with Gasteiger partial charge in [-0.05, 0) is 24.8 Å². The molecule has 3 heterocycles. The minimum atomic E-state index is -0.145. The van der Waals surface area contributed by atoms with Crippen molar-refractivity contribution in [2.75, 3.05) is 33.4 Å². The molecule has 1 aromatic carbocycles. The average molecular weight is 382 g/mol. The van der Waals surface area contributed by atoms with E-state index in [0.717, 1.165) is 37.1 Å². The number of morpholine rings is 1. The third-order valence-electron chi connectivity index (χ3n) is 5.42. The third kappa shape index (κ3) is 3.67. The number of benzene rings is 1. The molecule has 0 radical (unpaired) electrons. The molecular formula is C21H26N4O3. The molecule has 0 spiro atoms. The molecule has 2 amide bonds. The molecule has 28 heavy (non-hydrogen) atoms. The second kappa shape index (κ2) is 8.14. The lowest BCUT2D eigenvalue weighted by Crippen LogP contribution is -2.41. The number of fused-ring (bicyclic) bond motifs is 1. The van der Waals surface area contributed by atoms with Crippen LogP contribution in [0.1, 0.15) is 45.2 Å². The van der Waals surface area contributed by atoms with Gasteiger partial charge in [0.15, 0.2) is 5.82 Å². The minimum absolute atomic E-state index is 0.0845. The number of hydrogen-bond donors (Lipinski definition) is 0. The van der Waals surface area contributed by atoms with Crippen molar-refractivity contribution in [1.82, 2.24) is 19.4 Å². The number of rotatable bonds is 4. The predicted octanol–water partition coefficient (Wildman–Crippen LogP) is 1.96. The van der Waals surface area contributed by atoms with E-state index in [2.05, 4.69) is 4.98 Å². The highest BCUT2D eigenvalue weighted by atomic mass is 16.5.